The summed E-state index contributed by atoms with van der Waals surface area (Å²) in [5, 5.41) is 0. The number of ether oxygens (including phenoxy) is 2. The molecule has 20 heavy (non-hydrogen) atoms. The number of hydrogen-bond donors (Lipinski definition) is 1. The maximum Gasteiger partial charge on any atom is 0.340 e. The SMILES string of the molecule is COC(=O)c1cccc(N)c1N1CCCC(C)(OC)C1. The number of nitrogens with two attached hydrogens (primary N) is 1. The van der Waals surface area contributed by atoms with Gasteiger partial charge in [-0.2, -0.15) is 0 Å². The zero-order valence-corrected chi connectivity index (χ0v) is 12.3. The van der Waals surface area contributed by atoms with Crippen LogP contribution in [0, 0.1) is 0 Å². The number of benzene rings is 1. The summed E-state index contributed by atoms with van der Waals surface area (Å²) < 4.78 is 10.4. The lowest BCUT2D eigenvalue weighted by molar-refractivity contribution is -0.00470. The van der Waals surface area contributed by atoms with Crippen LogP contribution in [-0.4, -0.2) is 38.9 Å². The Hall–Kier alpha value is -1.75. The summed E-state index contributed by atoms with van der Waals surface area (Å²) >= 11 is 0. The smallest absolute Gasteiger partial charge is 0.340 e. The second kappa shape index (κ2) is 5.71. The molecule has 1 aromatic rings. The monoisotopic (exact) mass is 278 g/mol. The summed E-state index contributed by atoms with van der Waals surface area (Å²) in [6.07, 6.45) is 2.00. The highest BCUT2D eigenvalue weighted by Crippen LogP contribution is 2.34. The van der Waals surface area contributed by atoms with Crippen LogP contribution in [0.1, 0.15) is 30.1 Å². The highest BCUT2D eigenvalue weighted by Gasteiger charge is 2.33. The molecule has 0 bridgehead atoms. The number of esters is 1. The third kappa shape index (κ3) is 2.72. The van der Waals surface area contributed by atoms with Crippen molar-refractivity contribution in [3.63, 3.8) is 0 Å². The van der Waals surface area contributed by atoms with Crippen molar-refractivity contribution < 1.29 is 14.3 Å². The molecule has 2 N–H and O–H groups in total. The number of para-hydroxylation sites is 1. The van der Waals surface area contributed by atoms with Gasteiger partial charge >= 0.3 is 5.97 Å². The molecule has 1 fully saturated rings. The molecule has 1 aliphatic heterocycles. The highest BCUT2D eigenvalue weighted by atomic mass is 16.5. The minimum absolute atomic E-state index is 0.214. The number of piperidine rings is 1. The molecule has 0 amide bonds. The van der Waals surface area contributed by atoms with E-state index in [0.29, 0.717) is 17.8 Å². The van der Waals surface area contributed by atoms with Crippen LogP contribution in [0.15, 0.2) is 18.2 Å². The molecule has 2 rings (SSSR count). The van der Waals surface area contributed by atoms with Crippen LogP contribution in [-0.2, 0) is 9.47 Å². The van der Waals surface area contributed by atoms with Gasteiger partial charge in [0, 0.05) is 20.2 Å². The lowest BCUT2D eigenvalue weighted by Gasteiger charge is -2.41. The van der Waals surface area contributed by atoms with Gasteiger partial charge in [-0.15, -0.1) is 0 Å². The number of anilines is 2. The zero-order chi connectivity index (χ0) is 14.8. The maximum atomic E-state index is 11.9. The predicted molar refractivity (Wildman–Crippen MR) is 79.1 cm³/mol. The minimum Gasteiger partial charge on any atom is -0.465 e. The summed E-state index contributed by atoms with van der Waals surface area (Å²) in [7, 11) is 3.10. The molecule has 5 heteroatoms. The number of rotatable bonds is 3. The number of carbonyl (C=O) groups excluding carboxylic acids is 1. The summed E-state index contributed by atoms with van der Waals surface area (Å²) in [5.74, 6) is -0.364. The van der Waals surface area contributed by atoms with Gasteiger partial charge in [0.15, 0.2) is 0 Å². The van der Waals surface area contributed by atoms with E-state index < -0.39 is 0 Å². The Morgan fingerprint density at radius 2 is 2.15 bits per heavy atom. The van der Waals surface area contributed by atoms with Crippen molar-refractivity contribution in [2.75, 3.05) is 37.9 Å². The lowest BCUT2D eigenvalue weighted by Crippen LogP contribution is -2.48. The molecule has 1 aliphatic rings. The van der Waals surface area contributed by atoms with Crippen molar-refractivity contribution in [3.8, 4) is 0 Å². The van der Waals surface area contributed by atoms with Gasteiger partial charge in [0.25, 0.3) is 0 Å². The van der Waals surface area contributed by atoms with E-state index in [-0.39, 0.29) is 11.6 Å². The van der Waals surface area contributed by atoms with Gasteiger partial charge < -0.3 is 20.1 Å². The first-order chi connectivity index (χ1) is 9.50. The molecule has 1 atom stereocenters. The molecule has 0 radical (unpaired) electrons. The van der Waals surface area contributed by atoms with Crippen molar-refractivity contribution in [1.82, 2.24) is 0 Å². The van der Waals surface area contributed by atoms with Crippen molar-refractivity contribution >= 4 is 17.3 Å². The molecular formula is C15H22N2O3. The molecule has 0 saturated carbocycles. The first-order valence-electron chi connectivity index (χ1n) is 6.77. The Morgan fingerprint density at radius 3 is 2.80 bits per heavy atom. The van der Waals surface area contributed by atoms with Gasteiger partial charge in [-0.05, 0) is 31.9 Å². The van der Waals surface area contributed by atoms with E-state index in [2.05, 4.69) is 11.8 Å². The van der Waals surface area contributed by atoms with Crippen molar-refractivity contribution in [3.05, 3.63) is 23.8 Å². The van der Waals surface area contributed by atoms with Gasteiger partial charge in [0.1, 0.15) is 0 Å². The average molecular weight is 278 g/mol. The largest absolute Gasteiger partial charge is 0.465 e. The Balaban J connectivity index is 2.39. The number of nitrogens with zero attached hydrogens (tertiary/aromatic N) is 1. The second-order valence-corrected chi connectivity index (χ2v) is 5.41. The minimum atomic E-state index is -0.364. The molecule has 0 aromatic heterocycles. The third-order valence-electron chi connectivity index (χ3n) is 3.94. The van der Waals surface area contributed by atoms with Crippen molar-refractivity contribution in [1.29, 1.82) is 0 Å². The second-order valence-electron chi connectivity index (χ2n) is 5.41. The van der Waals surface area contributed by atoms with Gasteiger partial charge in [-0.1, -0.05) is 6.07 Å². The van der Waals surface area contributed by atoms with E-state index in [1.165, 1.54) is 7.11 Å². The molecule has 0 spiro atoms. The number of hydrogen-bond acceptors (Lipinski definition) is 5. The van der Waals surface area contributed by atoms with Crippen LogP contribution >= 0.6 is 0 Å². The first kappa shape index (κ1) is 14.7. The van der Waals surface area contributed by atoms with Crippen LogP contribution in [0.2, 0.25) is 0 Å². The van der Waals surface area contributed by atoms with Gasteiger partial charge in [-0.25, -0.2) is 4.79 Å². The summed E-state index contributed by atoms with van der Waals surface area (Å²) in [6, 6.07) is 5.32. The fourth-order valence-corrected chi connectivity index (χ4v) is 2.75. The molecule has 1 unspecified atom stereocenters. The Bertz CT molecular complexity index is 504. The van der Waals surface area contributed by atoms with E-state index in [0.717, 1.165) is 25.1 Å². The molecule has 1 heterocycles. The summed E-state index contributed by atoms with van der Waals surface area (Å²) in [5.41, 5.74) is 7.72. The van der Waals surface area contributed by atoms with Gasteiger partial charge in [-0.3, -0.25) is 0 Å². The standard InChI is InChI=1S/C15H22N2O3/c1-15(20-3)8-5-9-17(10-15)13-11(14(18)19-2)6-4-7-12(13)16/h4,6-7H,5,8-10,16H2,1-3H3. The predicted octanol–water partition coefficient (Wildman–Crippen LogP) is 2.06. The quantitative estimate of drug-likeness (QED) is 0.677. The van der Waals surface area contributed by atoms with E-state index in [1.54, 1.807) is 25.3 Å². The van der Waals surface area contributed by atoms with Crippen molar-refractivity contribution in [2.24, 2.45) is 0 Å². The molecular weight excluding hydrogens is 256 g/mol. The fraction of sp³-hybridized carbons (Fsp3) is 0.533. The molecule has 0 aliphatic carbocycles. The molecule has 5 nitrogen and oxygen atoms in total. The Kier molecular flexibility index (Phi) is 4.18. The lowest BCUT2D eigenvalue weighted by atomic mass is 9.93. The van der Waals surface area contributed by atoms with Crippen LogP contribution in [0.25, 0.3) is 0 Å². The van der Waals surface area contributed by atoms with Gasteiger partial charge in [0.2, 0.25) is 0 Å². The van der Waals surface area contributed by atoms with E-state index in [1.807, 2.05) is 0 Å². The maximum absolute atomic E-state index is 11.9. The van der Waals surface area contributed by atoms with Crippen molar-refractivity contribution in [2.45, 2.75) is 25.4 Å². The van der Waals surface area contributed by atoms with Crippen LogP contribution in [0.5, 0.6) is 0 Å². The van der Waals surface area contributed by atoms with Crippen LogP contribution < -0.4 is 10.6 Å². The van der Waals surface area contributed by atoms with Crippen LogP contribution in [0.4, 0.5) is 11.4 Å². The van der Waals surface area contributed by atoms with Crippen LogP contribution in [0.3, 0.4) is 0 Å². The zero-order valence-electron chi connectivity index (χ0n) is 12.3. The van der Waals surface area contributed by atoms with E-state index in [4.69, 9.17) is 15.2 Å². The average Bonchev–Trinajstić information content (AvgIpc) is 2.46. The summed E-state index contributed by atoms with van der Waals surface area (Å²) in [6.45, 7) is 3.65. The Morgan fingerprint density at radius 1 is 1.40 bits per heavy atom. The fourth-order valence-electron chi connectivity index (χ4n) is 2.75. The van der Waals surface area contributed by atoms with E-state index >= 15 is 0 Å². The molecule has 110 valence electrons. The highest BCUT2D eigenvalue weighted by molar-refractivity contribution is 5.99. The van der Waals surface area contributed by atoms with E-state index in [9.17, 15) is 4.79 Å². The van der Waals surface area contributed by atoms with Gasteiger partial charge in [0.05, 0.1) is 29.6 Å². The number of carbonyl (C=O) groups is 1. The number of nitrogen functional groups attached to an aromatic ring is 1. The Labute approximate surface area is 119 Å². The molecule has 1 aromatic carbocycles. The third-order valence-corrected chi connectivity index (χ3v) is 3.94. The topological polar surface area (TPSA) is 64.8 Å². The first-order valence-corrected chi connectivity index (χ1v) is 6.77. The molecule has 1 saturated heterocycles. The normalized spacial score (nSPS) is 22.6. The number of methoxy groups -OCH3 is 2. The summed E-state index contributed by atoms with van der Waals surface area (Å²) in [4.78, 5) is 14.0.